The summed E-state index contributed by atoms with van der Waals surface area (Å²) >= 11 is 0. The first-order chi connectivity index (χ1) is 10.8. The summed E-state index contributed by atoms with van der Waals surface area (Å²) < 4.78 is 50.4. The van der Waals surface area contributed by atoms with Gasteiger partial charge in [0.2, 0.25) is 0 Å². The second-order valence-corrected chi connectivity index (χ2v) is 6.42. The van der Waals surface area contributed by atoms with Gasteiger partial charge in [-0.05, 0) is 24.6 Å². The predicted octanol–water partition coefficient (Wildman–Crippen LogP) is 2.66. The number of anilines is 1. The molecule has 0 saturated carbocycles. The summed E-state index contributed by atoms with van der Waals surface area (Å²) in [5, 5.41) is 10.0. The van der Waals surface area contributed by atoms with E-state index in [9.17, 15) is 17.9 Å². The third-order valence-electron chi connectivity index (χ3n) is 3.20. The summed E-state index contributed by atoms with van der Waals surface area (Å²) in [6, 6.07) is 6.23. The van der Waals surface area contributed by atoms with E-state index in [0.717, 1.165) is 6.07 Å². The molecule has 0 aliphatic rings. The van der Waals surface area contributed by atoms with Gasteiger partial charge in [0.15, 0.2) is 11.5 Å². The Morgan fingerprint density at radius 1 is 1.13 bits per heavy atom. The van der Waals surface area contributed by atoms with Crippen molar-refractivity contribution in [2.24, 2.45) is 0 Å². The molecule has 2 aromatic carbocycles. The first kappa shape index (κ1) is 16.9. The minimum absolute atomic E-state index is 0.0390. The zero-order chi connectivity index (χ0) is 17.2. The summed E-state index contributed by atoms with van der Waals surface area (Å²) in [6.45, 7) is 1.53. The molecule has 2 aromatic rings. The maximum absolute atomic E-state index is 13.6. The highest BCUT2D eigenvalue weighted by Crippen LogP contribution is 2.39. The monoisotopic (exact) mass is 341 g/mol. The van der Waals surface area contributed by atoms with Crippen LogP contribution in [0.4, 0.5) is 10.1 Å². The van der Waals surface area contributed by atoms with Crippen molar-refractivity contribution in [2.45, 2.75) is 11.8 Å². The van der Waals surface area contributed by atoms with Crippen LogP contribution < -0.4 is 14.2 Å². The van der Waals surface area contributed by atoms with Crippen LogP contribution in [0, 0.1) is 12.7 Å². The number of phenolic OH excluding ortho intramolecular Hbond substituents is 1. The number of halogens is 1. The third kappa shape index (κ3) is 3.48. The van der Waals surface area contributed by atoms with Gasteiger partial charge in [-0.25, -0.2) is 12.8 Å². The maximum atomic E-state index is 13.6. The van der Waals surface area contributed by atoms with E-state index in [1.165, 1.54) is 45.4 Å². The number of hydrogen-bond acceptors (Lipinski definition) is 5. The van der Waals surface area contributed by atoms with Crippen molar-refractivity contribution < 1.29 is 27.4 Å². The molecule has 0 spiro atoms. The summed E-state index contributed by atoms with van der Waals surface area (Å²) in [4.78, 5) is -0.262. The van der Waals surface area contributed by atoms with Crippen molar-refractivity contribution in [1.82, 2.24) is 0 Å². The van der Waals surface area contributed by atoms with Crippen LogP contribution in [0.25, 0.3) is 0 Å². The van der Waals surface area contributed by atoms with Gasteiger partial charge >= 0.3 is 0 Å². The molecule has 2 rings (SSSR count). The first-order valence-corrected chi connectivity index (χ1v) is 8.00. The summed E-state index contributed by atoms with van der Waals surface area (Å²) in [5.41, 5.74) is 0.192. The van der Waals surface area contributed by atoms with Gasteiger partial charge in [0.1, 0.15) is 11.6 Å². The lowest BCUT2D eigenvalue weighted by molar-refractivity contribution is 0.365. The molecule has 0 unspecified atom stereocenters. The van der Waals surface area contributed by atoms with Gasteiger partial charge in [-0.3, -0.25) is 4.72 Å². The summed E-state index contributed by atoms with van der Waals surface area (Å²) in [6.07, 6.45) is 0. The fourth-order valence-corrected chi connectivity index (χ4v) is 2.95. The van der Waals surface area contributed by atoms with Gasteiger partial charge in [-0.1, -0.05) is 6.07 Å². The Hall–Kier alpha value is -2.48. The molecule has 0 atom stereocenters. The quantitative estimate of drug-likeness (QED) is 0.817. The lowest BCUT2D eigenvalue weighted by Gasteiger charge is -2.14. The largest absolute Gasteiger partial charge is 0.503 e. The van der Waals surface area contributed by atoms with Crippen LogP contribution in [0.3, 0.4) is 0 Å². The Morgan fingerprint density at radius 2 is 1.83 bits per heavy atom. The zero-order valence-electron chi connectivity index (χ0n) is 12.8. The number of rotatable bonds is 5. The zero-order valence-corrected chi connectivity index (χ0v) is 13.6. The van der Waals surface area contributed by atoms with Crippen molar-refractivity contribution in [2.75, 3.05) is 18.9 Å². The second-order valence-electron chi connectivity index (χ2n) is 4.74. The Kier molecular flexibility index (Phi) is 4.65. The standard InChI is InChI=1S/C15H16FNO5S/c1-9-4-5-11(8-12(9)16)23(19,20)17-13-6-10(21-2)7-14(22-3)15(13)18/h4-8,17-18H,1-3H3. The normalized spacial score (nSPS) is 11.1. The lowest BCUT2D eigenvalue weighted by Crippen LogP contribution is -2.13. The third-order valence-corrected chi connectivity index (χ3v) is 4.57. The number of methoxy groups -OCH3 is 2. The molecule has 0 saturated heterocycles. The van der Waals surface area contributed by atoms with Crippen LogP contribution in [0.2, 0.25) is 0 Å². The molecule has 0 heterocycles. The average Bonchev–Trinajstić information content (AvgIpc) is 2.51. The molecule has 0 bridgehead atoms. The number of aromatic hydroxyl groups is 1. The molecule has 8 heteroatoms. The number of ether oxygens (including phenoxy) is 2. The minimum Gasteiger partial charge on any atom is -0.503 e. The molecule has 23 heavy (non-hydrogen) atoms. The predicted molar refractivity (Wildman–Crippen MR) is 83.2 cm³/mol. The average molecular weight is 341 g/mol. The van der Waals surface area contributed by atoms with Gasteiger partial charge in [-0.15, -0.1) is 0 Å². The van der Waals surface area contributed by atoms with E-state index in [-0.39, 0.29) is 22.1 Å². The molecule has 0 aliphatic heterocycles. The van der Waals surface area contributed by atoms with Gasteiger partial charge < -0.3 is 14.6 Å². The first-order valence-electron chi connectivity index (χ1n) is 6.52. The van der Waals surface area contributed by atoms with E-state index in [1.54, 1.807) is 0 Å². The van der Waals surface area contributed by atoms with Crippen molar-refractivity contribution in [3.63, 3.8) is 0 Å². The van der Waals surface area contributed by atoms with E-state index in [0.29, 0.717) is 5.56 Å². The molecule has 2 N–H and O–H groups in total. The van der Waals surface area contributed by atoms with Crippen LogP contribution in [0.5, 0.6) is 17.2 Å². The summed E-state index contributed by atoms with van der Waals surface area (Å²) in [7, 11) is -1.38. The highest BCUT2D eigenvalue weighted by Gasteiger charge is 2.20. The SMILES string of the molecule is COc1cc(NS(=O)(=O)c2ccc(C)c(F)c2)c(O)c(OC)c1. The Bertz CT molecular complexity index is 836. The number of benzene rings is 2. The Labute approximate surface area is 133 Å². The number of phenols is 1. The van der Waals surface area contributed by atoms with Crippen LogP contribution in [-0.2, 0) is 10.0 Å². The minimum atomic E-state index is -4.09. The van der Waals surface area contributed by atoms with Gasteiger partial charge in [0.05, 0.1) is 24.8 Å². The van der Waals surface area contributed by atoms with Crippen molar-refractivity contribution in [3.05, 3.63) is 41.7 Å². The van der Waals surface area contributed by atoms with E-state index >= 15 is 0 Å². The number of aryl methyl sites for hydroxylation is 1. The van der Waals surface area contributed by atoms with Crippen LogP contribution in [0.15, 0.2) is 35.2 Å². The molecule has 0 aliphatic carbocycles. The van der Waals surface area contributed by atoms with Crippen molar-refractivity contribution in [3.8, 4) is 17.2 Å². The fraction of sp³-hybridized carbons (Fsp3) is 0.200. The van der Waals surface area contributed by atoms with E-state index in [2.05, 4.69) is 4.72 Å². The Balaban J connectivity index is 2.46. The van der Waals surface area contributed by atoms with Crippen LogP contribution in [0.1, 0.15) is 5.56 Å². The molecule has 0 fully saturated rings. The number of nitrogens with one attached hydrogen (secondary N) is 1. The molecule has 124 valence electrons. The number of sulfonamides is 1. The molecular formula is C15H16FNO5S. The smallest absolute Gasteiger partial charge is 0.262 e. The maximum Gasteiger partial charge on any atom is 0.262 e. The highest BCUT2D eigenvalue weighted by molar-refractivity contribution is 7.92. The van der Waals surface area contributed by atoms with E-state index in [4.69, 9.17) is 9.47 Å². The molecule has 0 radical (unpaired) electrons. The second kappa shape index (κ2) is 6.33. The van der Waals surface area contributed by atoms with Gasteiger partial charge in [0, 0.05) is 12.1 Å². The molecule has 6 nitrogen and oxygen atoms in total. The number of hydrogen-bond donors (Lipinski definition) is 2. The fourth-order valence-electron chi connectivity index (χ4n) is 1.88. The van der Waals surface area contributed by atoms with E-state index in [1.807, 2.05) is 0 Å². The van der Waals surface area contributed by atoms with Crippen LogP contribution >= 0.6 is 0 Å². The topological polar surface area (TPSA) is 84.9 Å². The molecular weight excluding hydrogens is 325 g/mol. The van der Waals surface area contributed by atoms with Gasteiger partial charge in [-0.2, -0.15) is 0 Å². The molecule has 0 amide bonds. The lowest BCUT2D eigenvalue weighted by atomic mass is 10.2. The van der Waals surface area contributed by atoms with Crippen molar-refractivity contribution >= 4 is 15.7 Å². The Morgan fingerprint density at radius 3 is 2.39 bits per heavy atom. The van der Waals surface area contributed by atoms with E-state index < -0.39 is 21.6 Å². The van der Waals surface area contributed by atoms with Gasteiger partial charge in [0.25, 0.3) is 10.0 Å². The highest BCUT2D eigenvalue weighted by atomic mass is 32.2. The molecule has 0 aromatic heterocycles. The van der Waals surface area contributed by atoms with Crippen molar-refractivity contribution in [1.29, 1.82) is 0 Å². The van der Waals surface area contributed by atoms with Crippen LogP contribution in [-0.4, -0.2) is 27.7 Å². The summed E-state index contributed by atoms with van der Waals surface area (Å²) in [5.74, 6) is -0.714.